The second kappa shape index (κ2) is 8.20. The van der Waals surface area contributed by atoms with Crippen molar-refractivity contribution in [3.05, 3.63) is 70.9 Å². The summed E-state index contributed by atoms with van der Waals surface area (Å²) in [7, 11) is 1.67. The summed E-state index contributed by atoms with van der Waals surface area (Å²) in [6.07, 6.45) is 0. The Kier molecular flexibility index (Phi) is 5.25. The number of nitrogens with zero attached hydrogens (tertiary/aromatic N) is 5. The van der Waals surface area contributed by atoms with Gasteiger partial charge in [0, 0.05) is 31.9 Å². The van der Waals surface area contributed by atoms with E-state index in [-0.39, 0.29) is 11.9 Å². The third-order valence-electron chi connectivity index (χ3n) is 5.79. The summed E-state index contributed by atoms with van der Waals surface area (Å²) in [6.45, 7) is 5.46. The van der Waals surface area contributed by atoms with Crippen molar-refractivity contribution in [2.45, 2.75) is 13.0 Å². The molecule has 31 heavy (non-hydrogen) atoms. The van der Waals surface area contributed by atoms with Gasteiger partial charge in [0.15, 0.2) is 0 Å². The standard InChI is InChI=1S/C23H25N5O2S/c1-16-24-23-28(25-16)22(29)21(31-23)20(17-8-10-19(30-2)11-9-17)27-14-12-26(13-15-27)18-6-4-3-5-7-18/h3-11,20,29H,12-15H2,1-2H3/t20-/m1/s1. The Morgan fingerprint density at radius 2 is 1.71 bits per heavy atom. The Bertz CT molecular complexity index is 1160. The summed E-state index contributed by atoms with van der Waals surface area (Å²) in [4.78, 5) is 10.9. The SMILES string of the molecule is COc1ccc([C@H](c2sc3nc(C)nn3c2O)N2CCN(c3ccccc3)CC2)cc1. The van der Waals surface area contributed by atoms with Crippen LogP contribution in [0.4, 0.5) is 5.69 Å². The maximum atomic E-state index is 11.0. The summed E-state index contributed by atoms with van der Waals surface area (Å²) >= 11 is 1.50. The van der Waals surface area contributed by atoms with Crippen molar-refractivity contribution < 1.29 is 9.84 Å². The molecule has 0 saturated carbocycles. The molecule has 160 valence electrons. The van der Waals surface area contributed by atoms with Gasteiger partial charge in [0.25, 0.3) is 0 Å². The first-order chi connectivity index (χ1) is 15.1. The Hall–Kier alpha value is -3.10. The summed E-state index contributed by atoms with van der Waals surface area (Å²) < 4.78 is 6.89. The number of thiazole rings is 1. The Balaban J connectivity index is 1.48. The quantitative estimate of drug-likeness (QED) is 0.515. The van der Waals surface area contributed by atoms with E-state index in [1.165, 1.54) is 17.0 Å². The molecule has 1 saturated heterocycles. The number of aromatic hydroxyl groups is 1. The van der Waals surface area contributed by atoms with E-state index in [1.807, 2.05) is 25.1 Å². The molecule has 2 aromatic heterocycles. The number of hydrogen-bond donors (Lipinski definition) is 1. The molecule has 0 amide bonds. The number of para-hydroxylation sites is 1. The van der Waals surface area contributed by atoms with Gasteiger partial charge >= 0.3 is 0 Å². The van der Waals surface area contributed by atoms with Crippen molar-refractivity contribution in [3.8, 4) is 11.6 Å². The van der Waals surface area contributed by atoms with Gasteiger partial charge in [0.1, 0.15) is 11.6 Å². The first-order valence-electron chi connectivity index (χ1n) is 10.4. The highest BCUT2D eigenvalue weighted by atomic mass is 32.1. The van der Waals surface area contributed by atoms with Crippen LogP contribution >= 0.6 is 11.3 Å². The van der Waals surface area contributed by atoms with Crippen LogP contribution in [-0.2, 0) is 0 Å². The van der Waals surface area contributed by atoms with Crippen molar-refractivity contribution in [2.24, 2.45) is 0 Å². The van der Waals surface area contributed by atoms with Gasteiger partial charge in [-0.1, -0.05) is 41.7 Å². The molecule has 8 heteroatoms. The summed E-state index contributed by atoms with van der Waals surface area (Å²) in [6, 6.07) is 18.5. The van der Waals surface area contributed by atoms with Gasteiger partial charge in [-0.05, 0) is 36.8 Å². The summed E-state index contributed by atoms with van der Waals surface area (Å²) in [5.74, 6) is 1.65. The number of methoxy groups -OCH3 is 1. The van der Waals surface area contributed by atoms with E-state index in [2.05, 4.69) is 56.3 Å². The van der Waals surface area contributed by atoms with E-state index in [0.717, 1.165) is 42.4 Å². The molecular weight excluding hydrogens is 410 g/mol. The molecule has 1 aliphatic rings. The molecule has 5 rings (SSSR count). The molecule has 3 heterocycles. The van der Waals surface area contributed by atoms with E-state index < -0.39 is 0 Å². The lowest BCUT2D eigenvalue weighted by Crippen LogP contribution is -2.47. The molecule has 0 bridgehead atoms. The number of benzene rings is 2. The fourth-order valence-corrected chi connectivity index (χ4v) is 5.38. The second-order valence-corrected chi connectivity index (χ2v) is 8.69. The highest BCUT2D eigenvalue weighted by Crippen LogP contribution is 2.40. The fraction of sp³-hybridized carbons (Fsp3) is 0.304. The van der Waals surface area contributed by atoms with Crippen LogP contribution in [0.1, 0.15) is 22.3 Å². The van der Waals surface area contributed by atoms with E-state index >= 15 is 0 Å². The second-order valence-electron chi connectivity index (χ2n) is 7.68. The zero-order valence-electron chi connectivity index (χ0n) is 17.6. The molecule has 0 spiro atoms. The number of ether oxygens (including phenoxy) is 1. The number of fused-ring (bicyclic) bond motifs is 1. The van der Waals surface area contributed by atoms with Gasteiger partial charge in [-0.25, -0.2) is 4.98 Å². The van der Waals surface area contributed by atoms with Gasteiger partial charge < -0.3 is 14.7 Å². The minimum absolute atomic E-state index is 0.0716. The first-order valence-corrected chi connectivity index (χ1v) is 11.2. The van der Waals surface area contributed by atoms with Gasteiger partial charge in [-0.15, -0.1) is 5.10 Å². The Labute approximate surface area is 185 Å². The number of piperazine rings is 1. The average Bonchev–Trinajstić information content (AvgIpc) is 3.32. The first kappa shape index (κ1) is 19.8. The van der Waals surface area contributed by atoms with Crippen LogP contribution in [0.3, 0.4) is 0 Å². The lowest BCUT2D eigenvalue weighted by molar-refractivity contribution is 0.211. The van der Waals surface area contributed by atoms with E-state index in [9.17, 15) is 5.11 Å². The monoisotopic (exact) mass is 435 g/mol. The van der Waals surface area contributed by atoms with E-state index in [4.69, 9.17) is 4.74 Å². The number of rotatable bonds is 5. The zero-order valence-corrected chi connectivity index (χ0v) is 18.4. The number of hydrogen-bond acceptors (Lipinski definition) is 7. The van der Waals surface area contributed by atoms with Gasteiger partial charge in [-0.2, -0.15) is 4.52 Å². The number of anilines is 1. The van der Waals surface area contributed by atoms with Crippen LogP contribution in [-0.4, -0.2) is 57.9 Å². The fourth-order valence-electron chi connectivity index (χ4n) is 4.22. The third-order valence-corrected chi connectivity index (χ3v) is 6.86. The van der Waals surface area contributed by atoms with Gasteiger partial charge in [-0.3, -0.25) is 4.90 Å². The molecular formula is C23H25N5O2S. The molecule has 0 radical (unpaired) electrons. The Morgan fingerprint density at radius 1 is 1.00 bits per heavy atom. The van der Waals surface area contributed by atoms with Crippen LogP contribution in [0.25, 0.3) is 4.96 Å². The summed E-state index contributed by atoms with van der Waals surface area (Å²) in [5.41, 5.74) is 2.37. The lowest BCUT2D eigenvalue weighted by Gasteiger charge is -2.40. The predicted octanol–water partition coefficient (Wildman–Crippen LogP) is 3.73. The number of aryl methyl sites for hydroxylation is 1. The van der Waals surface area contributed by atoms with Crippen LogP contribution in [0.2, 0.25) is 0 Å². The lowest BCUT2D eigenvalue weighted by atomic mass is 10.0. The smallest absolute Gasteiger partial charge is 0.230 e. The van der Waals surface area contributed by atoms with Crippen molar-refractivity contribution in [2.75, 3.05) is 38.2 Å². The molecule has 1 fully saturated rings. The molecule has 7 nitrogen and oxygen atoms in total. The topological polar surface area (TPSA) is 66.1 Å². The molecule has 2 aromatic carbocycles. The molecule has 0 aliphatic carbocycles. The highest BCUT2D eigenvalue weighted by Gasteiger charge is 2.31. The zero-order chi connectivity index (χ0) is 21.4. The van der Waals surface area contributed by atoms with Crippen molar-refractivity contribution in [1.82, 2.24) is 19.5 Å². The summed E-state index contributed by atoms with van der Waals surface area (Å²) in [5, 5.41) is 15.4. The largest absolute Gasteiger partial charge is 0.497 e. The Morgan fingerprint density at radius 3 is 2.35 bits per heavy atom. The number of aromatic nitrogens is 3. The molecule has 1 atom stereocenters. The van der Waals surface area contributed by atoms with Crippen molar-refractivity contribution in [1.29, 1.82) is 0 Å². The normalized spacial score (nSPS) is 16.0. The van der Waals surface area contributed by atoms with Gasteiger partial charge in [0.2, 0.25) is 10.8 Å². The molecule has 0 unspecified atom stereocenters. The van der Waals surface area contributed by atoms with Crippen molar-refractivity contribution >= 4 is 22.0 Å². The van der Waals surface area contributed by atoms with Crippen LogP contribution < -0.4 is 9.64 Å². The average molecular weight is 436 g/mol. The maximum absolute atomic E-state index is 11.0. The van der Waals surface area contributed by atoms with E-state index in [0.29, 0.717) is 10.8 Å². The van der Waals surface area contributed by atoms with Gasteiger partial charge in [0.05, 0.1) is 18.0 Å². The van der Waals surface area contributed by atoms with E-state index in [1.54, 1.807) is 11.6 Å². The van der Waals surface area contributed by atoms with Crippen LogP contribution in [0, 0.1) is 6.92 Å². The predicted molar refractivity (Wildman–Crippen MR) is 122 cm³/mol. The van der Waals surface area contributed by atoms with Crippen LogP contribution in [0.5, 0.6) is 11.6 Å². The third kappa shape index (κ3) is 3.73. The minimum Gasteiger partial charge on any atom is -0.497 e. The molecule has 1 aliphatic heterocycles. The molecule has 1 N–H and O–H groups in total. The highest BCUT2D eigenvalue weighted by molar-refractivity contribution is 7.17. The van der Waals surface area contributed by atoms with Crippen LogP contribution in [0.15, 0.2) is 54.6 Å². The molecule has 4 aromatic rings. The maximum Gasteiger partial charge on any atom is 0.230 e. The minimum atomic E-state index is -0.0716. The van der Waals surface area contributed by atoms with Crippen molar-refractivity contribution in [3.63, 3.8) is 0 Å².